The Balaban J connectivity index is 2.31. The molecule has 5 nitrogen and oxygen atoms in total. The van der Waals surface area contributed by atoms with Crippen LogP contribution in [0.5, 0.6) is 0 Å². The molecular weight excluding hydrogens is 256 g/mol. The van der Waals surface area contributed by atoms with Gasteiger partial charge in [-0.2, -0.15) is 0 Å². The lowest BCUT2D eigenvalue weighted by molar-refractivity contribution is 0.0354. The third-order valence-electron chi connectivity index (χ3n) is 3.39. The average Bonchev–Trinajstić information content (AvgIpc) is 2.38. The Bertz CT molecular complexity index is 298. The Morgan fingerprint density at radius 1 is 1.40 bits per heavy atom. The van der Waals surface area contributed by atoms with Gasteiger partial charge in [0, 0.05) is 25.1 Å². The SMILES string of the molecule is COCC1CCCC/C1=N\OCC(O)CNC(C)(C)C. The van der Waals surface area contributed by atoms with Crippen LogP contribution in [0.2, 0.25) is 0 Å². The first-order valence-corrected chi connectivity index (χ1v) is 7.53. The molecule has 0 aliphatic heterocycles. The van der Waals surface area contributed by atoms with Crippen molar-refractivity contribution in [2.75, 3.05) is 26.9 Å². The Morgan fingerprint density at radius 2 is 2.15 bits per heavy atom. The Labute approximate surface area is 122 Å². The summed E-state index contributed by atoms with van der Waals surface area (Å²) in [5.41, 5.74) is 1.08. The topological polar surface area (TPSA) is 63.1 Å². The minimum absolute atomic E-state index is 0.000196. The van der Waals surface area contributed by atoms with Crippen molar-refractivity contribution in [2.45, 2.75) is 58.1 Å². The molecule has 0 aromatic heterocycles. The van der Waals surface area contributed by atoms with Gasteiger partial charge in [0.1, 0.15) is 12.7 Å². The number of ether oxygens (including phenoxy) is 1. The number of hydrogen-bond acceptors (Lipinski definition) is 5. The van der Waals surface area contributed by atoms with Crippen LogP contribution in [-0.4, -0.2) is 49.3 Å². The fourth-order valence-corrected chi connectivity index (χ4v) is 2.26. The molecule has 1 fully saturated rings. The van der Waals surface area contributed by atoms with E-state index in [-0.39, 0.29) is 12.1 Å². The van der Waals surface area contributed by atoms with E-state index in [1.807, 2.05) is 0 Å². The standard InChI is InChI=1S/C15H30N2O3/c1-15(2,3)16-9-13(18)11-20-17-14-8-6-5-7-12(14)10-19-4/h12-13,16,18H,5-11H2,1-4H3/b17-14+. The maximum atomic E-state index is 9.83. The highest BCUT2D eigenvalue weighted by molar-refractivity contribution is 5.87. The van der Waals surface area contributed by atoms with Gasteiger partial charge in [-0.1, -0.05) is 11.6 Å². The molecule has 0 spiro atoms. The van der Waals surface area contributed by atoms with Crippen LogP contribution in [0.3, 0.4) is 0 Å². The number of aliphatic hydroxyl groups excluding tert-OH is 1. The van der Waals surface area contributed by atoms with Crippen molar-refractivity contribution in [3.05, 3.63) is 0 Å². The van der Waals surface area contributed by atoms with Gasteiger partial charge in [0.2, 0.25) is 0 Å². The number of hydrogen-bond donors (Lipinski definition) is 2. The lowest BCUT2D eigenvalue weighted by Gasteiger charge is -2.24. The highest BCUT2D eigenvalue weighted by Gasteiger charge is 2.21. The molecule has 0 saturated heterocycles. The number of aliphatic hydroxyl groups is 1. The van der Waals surface area contributed by atoms with Gasteiger partial charge in [-0.05, 0) is 40.0 Å². The predicted octanol–water partition coefficient (Wildman–Crippen LogP) is 1.94. The first-order valence-electron chi connectivity index (χ1n) is 7.53. The van der Waals surface area contributed by atoms with Gasteiger partial charge in [0.15, 0.2) is 0 Å². The van der Waals surface area contributed by atoms with Crippen LogP contribution in [0.15, 0.2) is 5.16 Å². The van der Waals surface area contributed by atoms with E-state index in [9.17, 15) is 5.11 Å². The van der Waals surface area contributed by atoms with Gasteiger partial charge < -0.3 is 20.0 Å². The largest absolute Gasteiger partial charge is 0.393 e. The van der Waals surface area contributed by atoms with Crippen molar-refractivity contribution in [2.24, 2.45) is 11.1 Å². The first-order chi connectivity index (χ1) is 9.42. The number of β-amino-alcohol motifs (C(OH)–C–C–N with tert-alkyl or cyclic N) is 1. The van der Waals surface area contributed by atoms with Crippen molar-refractivity contribution in [3.63, 3.8) is 0 Å². The number of rotatable bonds is 7. The minimum atomic E-state index is -0.539. The summed E-state index contributed by atoms with van der Waals surface area (Å²) < 4.78 is 5.22. The molecule has 2 N–H and O–H groups in total. The van der Waals surface area contributed by atoms with Gasteiger partial charge in [0.05, 0.1) is 12.3 Å². The number of oxime groups is 1. The second kappa shape index (κ2) is 8.60. The van der Waals surface area contributed by atoms with Crippen molar-refractivity contribution < 1.29 is 14.7 Å². The molecule has 0 amide bonds. The summed E-state index contributed by atoms with van der Waals surface area (Å²) >= 11 is 0. The van der Waals surface area contributed by atoms with Crippen molar-refractivity contribution >= 4 is 5.71 Å². The Hall–Kier alpha value is -0.650. The van der Waals surface area contributed by atoms with E-state index < -0.39 is 6.10 Å². The maximum Gasteiger partial charge on any atom is 0.144 e. The number of nitrogens with one attached hydrogen (secondary N) is 1. The zero-order valence-electron chi connectivity index (χ0n) is 13.3. The number of nitrogens with zero attached hydrogens (tertiary/aromatic N) is 1. The third-order valence-corrected chi connectivity index (χ3v) is 3.39. The molecule has 5 heteroatoms. The molecule has 1 aliphatic carbocycles. The van der Waals surface area contributed by atoms with Crippen LogP contribution >= 0.6 is 0 Å². The molecular formula is C15H30N2O3. The Morgan fingerprint density at radius 3 is 2.80 bits per heavy atom. The molecule has 2 unspecified atom stereocenters. The minimum Gasteiger partial charge on any atom is -0.393 e. The van der Waals surface area contributed by atoms with E-state index in [0.29, 0.717) is 19.1 Å². The molecule has 1 aliphatic rings. The van der Waals surface area contributed by atoms with E-state index in [4.69, 9.17) is 9.57 Å². The summed E-state index contributed by atoms with van der Waals surface area (Å²) in [5, 5.41) is 17.3. The van der Waals surface area contributed by atoms with Gasteiger partial charge in [0.25, 0.3) is 0 Å². The molecule has 0 heterocycles. The van der Waals surface area contributed by atoms with E-state index in [0.717, 1.165) is 25.0 Å². The summed E-state index contributed by atoms with van der Waals surface area (Å²) in [5.74, 6) is 0.374. The summed E-state index contributed by atoms with van der Waals surface area (Å²) in [6.45, 7) is 7.65. The van der Waals surface area contributed by atoms with Gasteiger partial charge >= 0.3 is 0 Å². The second-order valence-electron chi connectivity index (χ2n) is 6.56. The van der Waals surface area contributed by atoms with Crippen LogP contribution in [0.25, 0.3) is 0 Å². The summed E-state index contributed by atoms with van der Waals surface area (Å²) in [6.07, 6.45) is 3.94. The first kappa shape index (κ1) is 17.4. The lowest BCUT2D eigenvalue weighted by atomic mass is 9.88. The van der Waals surface area contributed by atoms with Crippen molar-refractivity contribution in [3.8, 4) is 0 Å². The van der Waals surface area contributed by atoms with E-state index in [2.05, 4.69) is 31.2 Å². The predicted molar refractivity (Wildman–Crippen MR) is 81.0 cm³/mol. The average molecular weight is 286 g/mol. The smallest absolute Gasteiger partial charge is 0.144 e. The lowest BCUT2D eigenvalue weighted by Crippen LogP contribution is -2.42. The molecule has 0 radical (unpaired) electrons. The molecule has 2 atom stereocenters. The van der Waals surface area contributed by atoms with Crippen molar-refractivity contribution in [1.29, 1.82) is 0 Å². The van der Waals surface area contributed by atoms with Gasteiger partial charge in [-0.25, -0.2) is 0 Å². The quantitative estimate of drug-likeness (QED) is 0.702. The molecule has 0 aromatic carbocycles. The van der Waals surface area contributed by atoms with E-state index in [1.54, 1.807) is 7.11 Å². The van der Waals surface area contributed by atoms with Crippen LogP contribution in [0.1, 0.15) is 46.5 Å². The van der Waals surface area contributed by atoms with Gasteiger partial charge in [-0.15, -0.1) is 0 Å². The third kappa shape index (κ3) is 7.22. The summed E-state index contributed by atoms with van der Waals surface area (Å²) in [4.78, 5) is 5.32. The fourth-order valence-electron chi connectivity index (χ4n) is 2.26. The van der Waals surface area contributed by atoms with E-state index >= 15 is 0 Å². The molecule has 0 aromatic rings. The zero-order valence-corrected chi connectivity index (χ0v) is 13.3. The fraction of sp³-hybridized carbons (Fsp3) is 0.933. The Kier molecular flexibility index (Phi) is 7.48. The molecule has 1 rings (SSSR count). The second-order valence-corrected chi connectivity index (χ2v) is 6.56. The zero-order chi connectivity index (χ0) is 15.0. The van der Waals surface area contributed by atoms with Crippen molar-refractivity contribution in [1.82, 2.24) is 5.32 Å². The molecule has 1 saturated carbocycles. The van der Waals surface area contributed by atoms with Crippen LogP contribution in [0, 0.1) is 5.92 Å². The molecule has 20 heavy (non-hydrogen) atoms. The van der Waals surface area contributed by atoms with E-state index in [1.165, 1.54) is 6.42 Å². The highest BCUT2D eigenvalue weighted by Crippen LogP contribution is 2.22. The normalized spacial score (nSPS) is 23.9. The molecule has 118 valence electrons. The van der Waals surface area contributed by atoms with Crippen LogP contribution < -0.4 is 5.32 Å². The highest BCUT2D eigenvalue weighted by atomic mass is 16.6. The number of methoxy groups -OCH3 is 1. The van der Waals surface area contributed by atoms with Crippen LogP contribution in [-0.2, 0) is 9.57 Å². The summed E-state index contributed by atoms with van der Waals surface area (Å²) in [7, 11) is 1.72. The monoisotopic (exact) mass is 286 g/mol. The molecule has 0 bridgehead atoms. The van der Waals surface area contributed by atoms with Crippen LogP contribution in [0.4, 0.5) is 0 Å². The summed E-state index contributed by atoms with van der Waals surface area (Å²) in [6, 6.07) is 0. The van der Waals surface area contributed by atoms with Gasteiger partial charge in [-0.3, -0.25) is 0 Å². The maximum absolute atomic E-state index is 9.83.